The molecule has 0 bridgehead atoms. The van der Waals surface area contributed by atoms with Crippen molar-refractivity contribution in [3.05, 3.63) is 64.6 Å². The maximum Gasteiger partial charge on any atom is 0.0794 e. The van der Waals surface area contributed by atoms with Crippen LogP contribution in [0.5, 0.6) is 0 Å². The van der Waals surface area contributed by atoms with E-state index in [1.807, 2.05) is 5.51 Å². The molecular weight excluding hydrogens is 264 g/mol. The fourth-order valence-corrected chi connectivity index (χ4v) is 2.97. The van der Waals surface area contributed by atoms with Gasteiger partial charge in [-0.15, -0.1) is 11.3 Å². The minimum absolute atomic E-state index is 0.359. The zero-order valence-electron chi connectivity index (χ0n) is 11.5. The summed E-state index contributed by atoms with van der Waals surface area (Å²) < 4.78 is 0. The molecule has 3 heteroatoms. The minimum Gasteiger partial charge on any atom is -0.310 e. The molecule has 102 valence electrons. The van der Waals surface area contributed by atoms with Crippen LogP contribution in [-0.4, -0.2) is 11.5 Å². The van der Waals surface area contributed by atoms with Gasteiger partial charge in [-0.25, -0.2) is 4.98 Å². The Hall–Kier alpha value is -1.71. The zero-order chi connectivity index (χ0) is 13.8. The Bertz CT molecular complexity index is 676. The predicted molar refractivity (Wildman–Crippen MR) is 86.2 cm³/mol. The monoisotopic (exact) mass is 282 g/mol. The standard InChI is InChI=1S/C17H18N2S/c1-13(18-9-8-17-11-20-12-19-17)15-7-6-14-4-2-3-5-16(14)10-15/h2-7,10-13,18H,8-9H2,1H3. The molecule has 1 unspecified atom stereocenters. The smallest absolute Gasteiger partial charge is 0.0794 e. The van der Waals surface area contributed by atoms with Crippen molar-refractivity contribution in [3.8, 4) is 0 Å². The van der Waals surface area contributed by atoms with Crippen LogP contribution in [0.4, 0.5) is 0 Å². The van der Waals surface area contributed by atoms with Crippen LogP contribution in [0.1, 0.15) is 24.2 Å². The van der Waals surface area contributed by atoms with Crippen LogP contribution in [0.3, 0.4) is 0 Å². The van der Waals surface area contributed by atoms with Gasteiger partial charge >= 0.3 is 0 Å². The molecule has 3 aromatic rings. The van der Waals surface area contributed by atoms with Crippen LogP contribution < -0.4 is 5.32 Å². The average molecular weight is 282 g/mol. The van der Waals surface area contributed by atoms with E-state index in [-0.39, 0.29) is 0 Å². The summed E-state index contributed by atoms with van der Waals surface area (Å²) in [7, 11) is 0. The summed E-state index contributed by atoms with van der Waals surface area (Å²) in [5, 5.41) is 8.28. The molecule has 0 amide bonds. The van der Waals surface area contributed by atoms with Gasteiger partial charge in [-0.1, -0.05) is 36.4 Å². The molecular formula is C17H18N2S. The summed E-state index contributed by atoms with van der Waals surface area (Å²) in [5.74, 6) is 0. The topological polar surface area (TPSA) is 24.9 Å². The molecule has 0 fully saturated rings. The van der Waals surface area contributed by atoms with Gasteiger partial charge in [-0.2, -0.15) is 0 Å². The van der Waals surface area contributed by atoms with Gasteiger partial charge in [0.25, 0.3) is 0 Å². The number of hydrogen-bond donors (Lipinski definition) is 1. The molecule has 1 N–H and O–H groups in total. The number of thiazole rings is 1. The highest BCUT2D eigenvalue weighted by Gasteiger charge is 2.05. The van der Waals surface area contributed by atoms with E-state index in [0.717, 1.165) is 13.0 Å². The Kier molecular flexibility index (Phi) is 4.09. The minimum atomic E-state index is 0.359. The first kappa shape index (κ1) is 13.3. The van der Waals surface area contributed by atoms with E-state index in [2.05, 4.69) is 65.1 Å². The molecule has 2 aromatic carbocycles. The Labute approximate surface area is 123 Å². The van der Waals surface area contributed by atoms with Gasteiger partial charge in [0.1, 0.15) is 0 Å². The molecule has 1 aromatic heterocycles. The Morgan fingerprint density at radius 1 is 1.15 bits per heavy atom. The van der Waals surface area contributed by atoms with Gasteiger partial charge in [-0.05, 0) is 29.3 Å². The highest BCUT2D eigenvalue weighted by atomic mass is 32.1. The third-order valence-electron chi connectivity index (χ3n) is 3.59. The normalized spacial score (nSPS) is 12.7. The van der Waals surface area contributed by atoms with E-state index in [4.69, 9.17) is 0 Å². The Balaban J connectivity index is 1.64. The van der Waals surface area contributed by atoms with Crippen molar-refractivity contribution in [1.29, 1.82) is 0 Å². The second kappa shape index (κ2) is 6.16. The van der Waals surface area contributed by atoms with Crippen molar-refractivity contribution in [2.24, 2.45) is 0 Å². The summed E-state index contributed by atoms with van der Waals surface area (Å²) in [6.07, 6.45) is 0.988. The number of nitrogens with one attached hydrogen (secondary N) is 1. The number of hydrogen-bond acceptors (Lipinski definition) is 3. The first-order valence-corrected chi connectivity index (χ1v) is 7.86. The molecule has 0 aliphatic carbocycles. The SMILES string of the molecule is CC(NCCc1cscn1)c1ccc2ccccc2c1. The fourth-order valence-electron chi connectivity index (χ4n) is 2.37. The van der Waals surface area contributed by atoms with Gasteiger partial charge < -0.3 is 5.32 Å². The van der Waals surface area contributed by atoms with Crippen LogP contribution in [0, 0.1) is 0 Å². The summed E-state index contributed by atoms with van der Waals surface area (Å²) in [6, 6.07) is 15.5. The summed E-state index contributed by atoms with van der Waals surface area (Å²) in [6.45, 7) is 3.17. The van der Waals surface area contributed by atoms with Crippen molar-refractivity contribution >= 4 is 22.1 Å². The molecule has 0 saturated heterocycles. The third-order valence-corrected chi connectivity index (χ3v) is 4.22. The maximum atomic E-state index is 4.31. The highest BCUT2D eigenvalue weighted by molar-refractivity contribution is 7.07. The fraction of sp³-hybridized carbons (Fsp3) is 0.235. The lowest BCUT2D eigenvalue weighted by Gasteiger charge is -2.14. The highest BCUT2D eigenvalue weighted by Crippen LogP contribution is 2.20. The van der Waals surface area contributed by atoms with Crippen molar-refractivity contribution < 1.29 is 0 Å². The second-order valence-corrected chi connectivity index (χ2v) is 5.73. The Morgan fingerprint density at radius 3 is 2.80 bits per heavy atom. The summed E-state index contributed by atoms with van der Waals surface area (Å²) in [5.41, 5.74) is 4.40. The van der Waals surface area contributed by atoms with E-state index in [0.29, 0.717) is 6.04 Å². The molecule has 0 radical (unpaired) electrons. The van der Waals surface area contributed by atoms with Crippen LogP contribution in [0.2, 0.25) is 0 Å². The van der Waals surface area contributed by atoms with Crippen LogP contribution in [0.25, 0.3) is 10.8 Å². The quantitative estimate of drug-likeness (QED) is 0.759. The average Bonchev–Trinajstić information content (AvgIpc) is 3.00. The molecule has 20 heavy (non-hydrogen) atoms. The lowest BCUT2D eigenvalue weighted by molar-refractivity contribution is 0.575. The molecule has 1 atom stereocenters. The van der Waals surface area contributed by atoms with E-state index < -0.39 is 0 Å². The number of nitrogens with zero attached hydrogens (tertiary/aromatic N) is 1. The predicted octanol–water partition coefficient (Wildman–Crippen LogP) is 4.19. The van der Waals surface area contributed by atoms with Gasteiger partial charge in [0.2, 0.25) is 0 Å². The second-order valence-electron chi connectivity index (χ2n) is 5.01. The van der Waals surface area contributed by atoms with Crippen molar-refractivity contribution in [2.45, 2.75) is 19.4 Å². The molecule has 2 nitrogen and oxygen atoms in total. The van der Waals surface area contributed by atoms with E-state index in [1.165, 1.54) is 22.0 Å². The summed E-state index contributed by atoms with van der Waals surface area (Å²) in [4.78, 5) is 4.31. The van der Waals surface area contributed by atoms with E-state index >= 15 is 0 Å². The first-order valence-electron chi connectivity index (χ1n) is 6.92. The lowest BCUT2D eigenvalue weighted by Crippen LogP contribution is -2.21. The first-order chi connectivity index (χ1) is 9.83. The van der Waals surface area contributed by atoms with Crippen molar-refractivity contribution in [3.63, 3.8) is 0 Å². The van der Waals surface area contributed by atoms with Crippen molar-refractivity contribution in [2.75, 3.05) is 6.54 Å². The van der Waals surface area contributed by atoms with E-state index in [9.17, 15) is 0 Å². The number of benzene rings is 2. The van der Waals surface area contributed by atoms with Gasteiger partial charge in [-0.3, -0.25) is 0 Å². The van der Waals surface area contributed by atoms with E-state index in [1.54, 1.807) is 11.3 Å². The van der Waals surface area contributed by atoms with Gasteiger partial charge in [0.15, 0.2) is 0 Å². The number of aromatic nitrogens is 1. The molecule has 1 heterocycles. The van der Waals surface area contributed by atoms with Crippen LogP contribution >= 0.6 is 11.3 Å². The maximum absolute atomic E-state index is 4.31. The zero-order valence-corrected chi connectivity index (χ0v) is 12.4. The van der Waals surface area contributed by atoms with Crippen molar-refractivity contribution in [1.82, 2.24) is 10.3 Å². The molecule has 3 rings (SSSR count). The lowest BCUT2D eigenvalue weighted by atomic mass is 10.0. The van der Waals surface area contributed by atoms with Crippen LogP contribution in [-0.2, 0) is 6.42 Å². The Morgan fingerprint density at radius 2 is 2.00 bits per heavy atom. The molecule has 0 spiro atoms. The third kappa shape index (κ3) is 3.06. The van der Waals surface area contributed by atoms with Crippen LogP contribution in [0.15, 0.2) is 53.4 Å². The largest absolute Gasteiger partial charge is 0.310 e. The molecule has 0 aliphatic rings. The molecule has 0 aliphatic heterocycles. The van der Waals surface area contributed by atoms with Gasteiger partial charge in [0.05, 0.1) is 11.2 Å². The van der Waals surface area contributed by atoms with Gasteiger partial charge in [0, 0.05) is 24.4 Å². The molecule has 0 saturated carbocycles. The number of rotatable bonds is 5. The summed E-state index contributed by atoms with van der Waals surface area (Å²) >= 11 is 1.66. The number of fused-ring (bicyclic) bond motifs is 1.